The van der Waals surface area contributed by atoms with Crippen LogP contribution >= 0.6 is 11.3 Å². The largest absolute Gasteiger partial charge is 0.496 e. The third-order valence-corrected chi connectivity index (χ3v) is 3.57. The lowest BCUT2D eigenvalue weighted by Crippen LogP contribution is -1.88. The van der Waals surface area contributed by atoms with Gasteiger partial charge in [0.15, 0.2) is 5.82 Å². The second-order valence-corrected chi connectivity index (χ2v) is 4.94. The molecule has 2 aromatic heterocycles. The minimum absolute atomic E-state index is 0.795. The number of benzene rings is 1. The molecule has 5 nitrogen and oxygen atoms in total. The predicted molar refractivity (Wildman–Crippen MR) is 75.3 cm³/mol. The second kappa shape index (κ2) is 4.81. The van der Waals surface area contributed by atoms with E-state index in [1.807, 2.05) is 43.3 Å². The number of ether oxygens (including phenoxy) is 1. The van der Waals surface area contributed by atoms with Gasteiger partial charge in [-0.2, -0.15) is 9.61 Å². The fraction of sp³-hybridized carbons (Fsp3) is 0.154. The maximum Gasteiger partial charge on any atom is 0.234 e. The van der Waals surface area contributed by atoms with Crippen molar-refractivity contribution in [2.75, 3.05) is 7.11 Å². The standard InChI is InChI=1S/C13H12N4OS/c1-9-14-15-13-17(9)16-12(19-13)8-7-10-5-3-4-6-11(10)18-2/h3-8H,1-2H3/b8-7+. The maximum atomic E-state index is 5.30. The van der Waals surface area contributed by atoms with Crippen molar-refractivity contribution >= 4 is 28.4 Å². The molecule has 0 bridgehead atoms. The summed E-state index contributed by atoms with van der Waals surface area (Å²) >= 11 is 1.50. The molecule has 6 heteroatoms. The molecule has 0 amide bonds. The fourth-order valence-corrected chi connectivity index (χ4v) is 2.55. The van der Waals surface area contributed by atoms with Crippen LogP contribution in [0.25, 0.3) is 17.1 Å². The molecule has 0 atom stereocenters. The van der Waals surface area contributed by atoms with Gasteiger partial charge in [0.05, 0.1) is 7.11 Å². The minimum atomic E-state index is 0.795. The third-order valence-electron chi connectivity index (χ3n) is 2.71. The van der Waals surface area contributed by atoms with Crippen molar-refractivity contribution in [3.8, 4) is 5.75 Å². The van der Waals surface area contributed by atoms with Gasteiger partial charge in [0.25, 0.3) is 0 Å². The van der Waals surface area contributed by atoms with E-state index in [9.17, 15) is 0 Å². The van der Waals surface area contributed by atoms with Gasteiger partial charge in [0.2, 0.25) is 4.96 Å². The first kappa shape index (κ1) is 11.9. The molecule has 19 heavy (non-hydrogen) atoms. The van der Waals surface area contributed by atoms with Gasteiger partial charge in [-0.05, 0) is 25.1 Å². The SMILES string of the molecule is COc1ccccc1/C=C/c1nn2c(C)nnc2s1. The van der Waals surface area contributed by atoms with Crippen molar-refractivity contribution < 1.29 is 4.74 Å². The van der Waals surface area contributed by atoms with Crippen LogP contribution in [0.1, 0.15) is 16.4 Å². The average Bonchev–Trinajstić information content (AvgIpc) is 2.99. The van der Waals surface area contributed by atoms with Gasteiger partial charge in [-0.25, -0.2) is 0 Å². The highest BCUT2D eigenvalue weighted by Crippen LogP contribution is 2.21. The van der Waals surface area contributed by atoms with Crippen LogP contribution in [-0.4, -0.2) is 26.9 Å². The molecule has 0 aliphatic heterocycles. The molecule has 0 aliphatic rings. The summed E-state index contributed by atoms with van der Waals surface area (Å²) in [5, 5.41) is 13.3. The van der Waals surface area contributed by atoms with E-state index < -0.39 is 0 Å². The molecule has 96 valence electrons. The van der Waals surface area contributed by atoms with E-state index in [4.69, 9.17) is 4.74 Å². The molecule has 2 heterocycles. The highest BCUT2D eigenvalue weighted by atomic mass is 32.1. The molecular weight excluding hydrogens is 260 g/mol. The molecule has 0 aliphatic carbocycles. The Labute approximate surface area is 114 Å². The lowest BCUT2D eigenvalue weighted by molar-refractivity contribution is 0.414. The van der Waals surface area contributed by atoms with Gasteiger partial charge in [-0.3, -0.25) is 0 Å². The summed E-state index contributed by atoms with van der Waals surface area (Å²) in [4.78, 5) is 0.803. The Balaban J connectivity index is 1.93. The van der Waals surface area contributed by atoms with E-state index in [0.29, 0.717) is 0 Å². The molecule has 0 saturated heterocycles. The van der Waals surface area contributed by atoms with Crippen LogP contribution in [0.2, 0.25) is 0 Å². The van der Waals surface area contributed by atoms with Crippen LogP contribution in [0.5, 0.6) is 5.75 Å². The van der Waals surface area contributed by atoms with Crippen molar-refractivity contribution in [2.24, 2.45) is 0 Å². The highest BCUT2D eigenvalue weighted by molar-refractivity contribution is 7.17. The quantitative estimate of drug-likeness (QED) is 0.735. The van der Waals surface area contributed by atoms with E-state index in [1.54, 1.807) is 11.6 Å². The van der Waals surface area contributed by atoms with E-state index in [2.05, 4.69) is 15.3 Å². The summed E-state index contributed by atoms with van der Waals surface area (Å²) in [5.41, 5.74) is 1.02. The minimum Gasteiger partial charge on any atom is -0.496 e. The zero-order valence-corrected chi connectivity index (χ0v) is 11.4. The molecule has 0 unspecified atom stereocenters. The predicted octanol–water partition coefficient (Wildman–Crippen LogP) is 2.67. The van der Waals surface area contributed by atoms with Gasteiger partial charge >= 0.3 is 0 Å². The van der Waals surface area contributed by atoms with Crippen molar-refractivity contribution in [1.29, 1.82) is 0 Å². The van der Waals surface area contributed by atoms with Gasteiger partial charge < -0.3 is 4.74 Å². The Bertz CT molecular complexity index is 744. The Hall–Kier alpha value is -2.21. The number of rotatable bonds is 3. The van der Waals surface area contributed by atoms with Crippen molar-refractivity contribution in [1.82, 2.24) is 19.8 Å². The topological polar surface area (TPSA) is 52.3 Å². The summed E-state index contributed by atoms with van der Waals surface area (Å²) in [6, 6.07) is 7.86. The first-order chi connectivity index (χ1) is 9.28. The van der Waals surface area contributed by atoms with Crippen molar-refractivity contribution in [2.45, 2.75) is 6.92 Å². The van der Waals surface area contributed by atoms with Crippen LogP contribution in [0, 0.1) is 6.92 Å². The lowest BCUT2D eigenvalue weighted by Gasteiger charge is -2.02. The number of fused-ring (bicyclic) bond motifs is 1. The number of methoxy groups -OCH3 is 1. The molecule has 0 N–H and O–H groups in total. The lowest BCUT2D eigenvalue weighted by atomic mass is 10.2. The zero-order valence-electron chi connectivity index (χ0n) is 10.6. The van der Waals surface area contributed by atoms with Gasteiger partial charge in [0.1, 0.15) is 10.8 Å². The first-order valence-electron chi connectivity index (χ1n) is 5.78. The molecule has 0 spiro atoms. The fourth-order valence-electron chi connectivity index (χ4n) is 1.76. The zero-order chi connectivity index (χ0) is 13.2. The number of nitrogens with zero attached hydrogens (tertiary/aromatic N) is 4. The average molecular weight is 272 g/mol. The van der Waals surface area contributed by atoms with Gasteiger partial charge in [0, 0.05) is 5.56 Å². The third kappa shape index (κ3) is 2.22. The number of aryl methyl sites for hydroxylation is 1. The van der Waals surface area contributed by atoms with E-state index in [-0.39, 0.29) is 0 Å². The number of aromatic nitrogens is 4. The monoisotopic (exact) mass is 272 g/mol. The summed E-state index contributed by atoms with van der Waals surface area (Å²) in [6.45, 7) is 1.88. The van der Waals surface area contributed by atoms with E-state index >= 15 is 0 Å². The summed E-state index contributed by atoms with van der Waals surface area (Å²) < 4.78 is 7.04. The molecule has 3 aromatic rings. The molecule has 1 aromatic carbocycles. The molecular formula is C13H12N4OS. The summed E-state index contributed by atoms with van der Waals surface area (Å²) in [6.07, 6.45) is 3.94. The van der Waals surface area contributed by atoms with Crippen LogP contribution in [0.15, 0.2) is 24.3 Å². The summed E-state index contributed by atoms with van der Waals surface area (Å²) in [7, 11) is 1.67. The number of hydrogen-bond acceptors (Lipinski definition) is 5. The Morgan fingerprint density at radius 3 is 2.84 bits per heavy atom. The molecule has 0 fully saturated rings. The Morgan fingerprint density at radius 2 is 2.05 bits per heavy atom. The molecule has 0 radical (unpaired) electrons. The maximum absolute atomic E-state index is 5.30. The van der Waals surface area contributed by atoms with Crippen molar-refractivity contribution in [3.05, 3.63) is 40.7 Å². The smallest absolute Gasteiger partial charge is 0.234 e. The van der Waals surface area contributed by atoms with E-state index in [0.717, 1.165) is 27.1 Å². The first-order valence-corrected chi connectivity index (χ1v) is 6.59. The Morgan fingerprint density at radius 1 is 1.21 bits per heavy atom. The summed E-state index contributed by atoms with van der Waals surface area (Å²) in [5.74, 6) is 1.64. The van der Waals surface area contributed by atoms with Gasteiger partial charge in [-0.1, -0.05) is 29.5 Å². The van der Waals surface area contributed by atoms with Gasteiger partial charge in [-0.15, -0.1) is 10.2 Å². The normalized spacial score (nSPS) is 11.5. The molecule has 3 rings (SSSR count). The van der Waals surface area contributed by atoms with Crippen LogP contribution in [-0.2, 0) is 0 Å². The number of para-hydroxylation sites is 1. The van der Waals surface area contributed by atoms with Crippen LogP contribution < -0.4 is 4.74 Å². The van der Waals surface area contributed by atoms with E-state index in [1.165, 1.54) is 11.3 Å². The Kier molecular flexibility index (Phi) is 3.00. The highest BCUT2D eigenvalue weighted by Gasteiger charge is 2.06. The molecule has 0 saturated carbocycles. The van der Waals surface area contributed by atoms with Crippen molar-refractivity contribution in [3.63, 3.8) is 0 Å². The number of hydrogen-bond donors (Lipinski definition) is 0. The second-order valence-electron chi connectivity index (χ2n) is 3.96. The van der Waals surface area contributed by atoms with Crippen LogP contribution in [0.4, 0.5) is 0 Å². The van der Waals surface area contributed by atoms with Crippen LogP contribution in [0.3, 0.4) is 0 Å².